The molecule has 0 saturated heterocycles. The van der Waals surface area contributed by atoms with Crippen molar-refractivity contribution in [3.05, 3.63) is 35.5 Å². The Bertz CT molecular complexity index is 938. The molecule has 4 rings (SSSR count). The van der Waals surface area contributed by atoms with Crippen LogP contribution in [0.25, 0.3) is 27.0 Å². The third-order valence-corrected chi connectivity index (χ3v) is 4.02. The Kier molecular flexibility index (Phi) is 2.31. The van der Waals surface area contributed by atoms with Crippen molar-refractivity contribution in [2.24, 2.45) is 0 Å². The normalized spacial score (nSPS) is 11.5. The second kappa shape index (κ2) is 4.04. The molecule has 0 atom stereocenters. The fourth-order valence-electron chi connectivity index (χ4n) is 2.46. The molecule has 20 heavy (non-hydrogen) atoms. The highest BCUT2D eigenvalue weighted by Crippen LogP contribution is 2.34. The number of fused-ring (bicyclic) bond motifs is 2. The molecule has 0 fully saturated rings. The zero-order valence-electron chi connectivity index (χ0n) is 10.9. The summed E-state index contributed by atoms with van der Waals surface area (Å²) in [5, 5.41) is 16.1. The van der Waals surface area contributed by atoms with Gasteiger partial charge in [0.15, 0.2) is 5.65 Å². The van der Waals surface area contributed by atoms with E-state index in [9.17, 15) is 0 Å². The van der Waals surface area contributed by atoms with Crippen LogP contribution in [0.4, 0.5) is 0 Å². The van der Waals surface area contributed by atoms with Crippen LogP contribution < -0.4 is 0 Å². The molecule has 0 aliphatic rings. The molecule has 0 radical (unpaired) electrons. The molecular weight excluding hydrogens is 272 g/mol. The lowest BCUT2D eigenvalue weighted by Gasteiger charge is -2.08. The molecule has 98 valence electrons. The first-order valence-electron chi connectivity index (χ1n) is 6.14. The Morgan fingerprint density at radius 2 is 2.05 bits per heavy atom. The quantitative estimate of drug-likeness (QED) is 0.536. The van der Waals surface area contributed by atoms with Crippen LogP contribution in [-0.2, 0) is 0 Å². The van der Waals surface area contributed by atoms with Gasteiger partial charge in [0.25, 0.3) is 0 Å². The van der Waals surface area contributed by atoms with Gasteiger partial charge in [0, 0.05) is 17.3 Å². The first-order valence-corrected chi connectivity index (χ1v) is 6.92. The summed E-state index contributed by atoms with van der Waals surface area (Å²) in [6, 6.07) is 6.22. The molecule has 7 heteroatoms. The van der Waals surface area contributed by atoms with Gasteiger partial charge in [-0.05, 0) is 59.1 Å². The fraction of sp³-hybridized carbons (Fsp3) is 0.154. The van der Waals surface area contributed by atoms with Crippen molar-refractivity contribution in [1.29, 1.82) is 0 Å². The predicted molar refractivity (Wildman–Crippen MR) is 76.7 cm³/mol. The number of aryl methyl sites for hydroxylation is 2. The van der Waals surface area contributed by atoms with E-state index in [1.54, 1.807) is 4.52 Å². The van der Waals surface area contributed by atoms with E-state index in [1.807, 2.05) is 19.2 Å². The van der Waals surface area contributed by atoms with Crippen molar-refractivity contribution in [1.82, 2.24) is 29.6 Å². The lowest BCUT2D eigenvalue weighted by molar-refractivity contribution is 0.820. The summed E-state index contributed by atoms with van der Waals surface area (Å²) >= 11 is 1.40. The number of rotatable bonds is 1. The maximum Gasteiger partial charge on any atom is 0.187 e. The Balaban J connectivity index is 2.18. The van der Waals surface area contributed by atoms with Crippen molar-refractivity contribution < 1.29 is 0 Å². The molecule has 0 amide bonds. The highest BCUT2D eigenvalue weighted by molar-refractivity contribution is 7.13. The van der Waals surface area contributed by atoms with Gasteiger partial charge in [-0.25, -0.2) is 0 Å². The number of hydrogen-bond donors (Lipinski definition) is 0. The SMILES string of the molecule is Cc1cc(-c2c(C)ccc3snnc23)c2nnnn2c1. The molecule has 0 unspecified atom stereocenters. The Morgan fingerprint density at radius 3 is 2.95 bits per heavy atom. The lowest BCUT2D eigenvalue weighted by Crippen LogP contribution is -1.94. The molecule has 3 aromatic heterocycles. The zero-order chi connectivity index (χ0) is 13.7. The van der Waals surface area contributed by atoms with Crippen molar-refractivity contribution in [2.45, 2.75) is 13.8 Å². The first-order chi connectivity index (χ1) is 9.74. The zero-order valence-corrected chi connectivity index (χ0v) is 11.7. The molecule has 1 aromatic carbocycles. The summed E-state index contributed by atoms with van der Waals surface area (Å²) in [4.78, 5) is 0. The second-order valence-corrected chi connectivity index (χ2v) is 5.54. The van der Waals surface area contributed by atoms with E-state index in [-0.39, 0.29) is 0 Å². The van der Waals surface area contributed by atoms with E-state index < -0.39 is 0 Å². The highest BCUT2D eigenvalue weighted by Gasteiger charge is 2.15. The molecule has 0 aliphatic carbocycles. The summed E-state index contributed by atoms with van der Waals surface area (Å²) in [6.45, 7) is 4.09. The van der Waals surface area contributed by atoms with Crippen LogP contribution in [0.15, 0.2) is 24.4 Å². The third-order valence-electron chi connectivity index (χ3n) is 3.33. The van der Waals surface area contributed by atoms with E-state index in [4.69, 9.17) is 0 Å². The molecule has 0 aliphatic heterocycles. The van der Waals surface area contributed by atoms with Crippen LogP contribution in [0.1, 0.15) is 11.1 Å². The number of benzene rings is 1. The van der Waals surface area contributed by atoms with E-state index >= 15 is 0 Å². The number of pyridine rings is 1. The van der Waals surface area contributed by atoms with Gasteiger partial charge in [0.1, 0.15) is 5.52 Å². The van der Waals surface area contributed by atoms with Gasteiger partial charge in [0.05, 0.1) is 4.70 Å². The van der Waals surface area contributed by atoms with Gasteiger partial charge in [-0.1, -0.05) is 10.6 Å². The molecule has 0 N–H and O–H groups in total. The molecule has 0 spiro atoms. The minimum Gasteiger partial charge on any atom is -0.200 e. The largest absolute Gasteiger partial charge is 0.200 e. The van der Waals surface area contributed by atoms with Gasteiger partial charge in [-0.3, -0.25) is 0 Å². The molecule has 4 aromatic rings. The molecule has 0 bridgehead atoms. The van der Waals surface area contributed by atoms with Crippen LogP contribution in [0.3, 0.4) is 0 Å². The van der Waals surface area contributed by atoms with Crippen LogP contribution in [0, 0.1) is 13.8 Å². The maximum atomic E-state index is 4.27. The summed E-state index contributed by atoms with van der Waals surface area (Å²) in [5.74, 6) is 0. The van der Waals surface area contributed by atoms with Crippen molar-refractivity contribution in [2.75, 3.05) is 0 Å². The van der Waals surface area contributed by atoms with Crippen molar-refractivity contribution >= 4 is 27.4 Å². The van der Waals surface area contributed by atoms with Crippen molar-refractivity contribution in [3.63, 3.8) is 0 Å². The molecule has 0 saturated carbocycles. The first kappa shape index (κ1) is 11.4. The summed E-state index contributed by atoms with van der Waals surface area (Å²) in [7, 11) is 0. The van der Waals surface area contributed by atoms with E-state index in [2.05, 4.69) is 44.2 Å². The molecular formula is C13H10N6S. The Hall–Kier alpha value is -2.41. The summed E-state index contributed by atoms with van der Waals surface area (Å²) < 4.78 is 6.82. The highest BCUT2D eigenvalue weighted by atomic mass is 32.1. The number of nitrogens with zero attached hydrogens (tertiary/aromatic N) is 6. The number of aromatic nitrogens is 6. The van der Waals surface area contributed by atoms with E-state index in [0.29, 0.717) is 0 Å². The topological polar surface area (TPSA) is 68.9 Å². The summed E-state index contributed by atoms with van der Waals surface area (Å²) in [6.07, 6.45) is 1.91. The predicted octanol–water partition coefficient (Wildman–Crippen LogP) is 2.41. The van der Waals surface area contributed by atoms with E-state index in [1.165, 1.54) is 11.5 Å². The standard InChI is InChI=1S/C13H10N6S/c1-7-5-9(13-15-16-17-19(13)6-7)11-8(2)3-4-10-12(11)14-18-20-10/h3-6H,1-2H3. The van der Waals surface area contributed by atoms with Crippen LogP contribution in [-0.4, -0.2) is 29.6 Å². The van der Waals surface area contributed by atoms with Gasteiger partial charge in [0.2, 0.25) is 0 Å². The Labute approximate surface area is 118 Å². The third kappa shape index (κ3) is 1.53. The van der Waals surface area contributed by atoms with Gasteiger partial charge in [-0.2, -0.15) is 4.52 Å². The number of tetrazole rings is 1. The lowest BCUT2D eigenvalue weighted by atomic mass is 9.99. The van der Waals surface area contributed by atoms with Gasteiger partial charge in [-0.15, -0.1) is 10.2 Å². The monoisotopic (exact) mass is 282 g/mol. The maximum absolute atomic E-state index is 4.27. The smallest absolute Gasteiger partial charge is 0.187 e. The fourth-order valence-corrected chi connectivity index (χ4v) is 3.02. The Morgan fingerprint density at radius 1 is 1.15 bits per heavy atom. The molecule has 3 heterocycles. The van der Waals surface area contributed by atoms with Crippen LogP contribution in [0.5, 0.6) is 0 Å². The van der Waals surface area contributed by atoms with Crippen LogP contribution in [0.2, 0.25) is 0 Å². The number of hydrogen-bond acceptors (Lipinski definition) is 6. The van der Waals surface area contributed by atoms with Crippen molar-refractivity contribution in [3.8, 4) is 11.1 Å². The van der Waals surface area contributed by atoms with Gasteiger partial charge >= 0.3 is 0 Å². The minimum atomic E-state index is 0.735. The van der Waals surface area contributed by atoms with Crippen LogP contribution >= 0.6 is 11.5 Å². The molecule has 6 nitrogen and oxygen atoms in total. The van der Waals surface area contributed by atoms with Gasteiger partial charge < -0.3 is 0 Å². The second-order valence-electron chi connectivity index (χ2n) is 4.76. The average Bonchev–Trinajstić information content (AvgIpc) is 3.05. The van der Waals surface area contributed by atoms with E-state index in [0.717, 1.165) is 38.1 Å². The minimum absolute atomic E-state index is 0.735. The summed E-state index contributed by atoms with van der Waals surface area (Å²) in [5.41, 5.74) is 5.93. The average molecular weight is 282 g/mol.